The molecule has 0 heterocycles. The van der Waals surface area contributed by atoms with Crippen molar-refractivity contribution < 1.29 is 39.2 Å². The molecule has 0 aliphatic carbocycles. The van der Waals surface area contributed by atoms with E-state index in [2.05, 4.69) is 6.92 Å². The van der Waals surface area contributed by atoms with Crippen molar-refractivity contribution in [2.75, 3.05) is 6.61 Å². The highest BCUT2D eigenvalue weighted by Gasteiger charge is 2.50. The number of hydrogen-bond donors (Lipinski definition) is 3. The first-order valence-corrected chi connectivity index (χ1v) is 12.1. The number of carbonyl (C=O) groups excluding carboxylic acids is 1. The third-order valence-electron chi connectivity index (χ3n) is 6.39. The van der Waals surface area contributed by atoms with Crippen LogP contribution in [0, 0.1) is 23.7 Å². The van der Waals surface area contributed by atoms with Gasteiger partial charge in [-0.25, -0.2) is 0 Å². The molecule has 1 rings (SSSR count). The zero-order valence-corrected chi connectivity index (χ0v) is 20.3. The fourth-order valence-electron chi connectivity index (χ4n) is 4.47. The molecule has 8 nitrogen and oxygen atoms in total. The van der Waals surface area contributed by atoms with E-state index in [4.69, 9.17) is 4.74 Å². The summed E-state index contributed by atoms with van der Waals surface area (Å²) in [6, 6.07) is 8.78. The van der Waals surface area contributed by atoms with Crippen LogP contribution in [-0.2, 0) is 23.9 Å². The summed E-state index contributed by atoms with van der Waals surface area (Å²) in [4.78, 5) is 49.4. The molecule has 1 aromatic rings. The minimum absolute atomic E-state index is 0.102. The second kappa shape index (κ2) is 15.1. The lowest BCUT2D eigenvalue weighted by Crippen LogP contribution is -2.46. The van der Waals surface area contributed by atoms with Crippen molar-refractivity contribution in [2.24, 2.45) is 23.7 Å². The summed E-state index contributed by atoms with van der Waals surface area (Å²) in [6.07, 6.45) is 6.18. The highest BCUT2D eigenvalue weighted by atomic mass is 16.5. The summed E-state index contributed by atoms with van der Waals surface area (Å²) in [5.74, 6) is -12.4. The van der Waals surface area contributed by atoms with Gasteiger partial charge in [0.15, 0.2) is 0 Å². The molecular formula is C26H38O8. The maximum Gasteiger partial charge on any atom is 0.310 e. The van der Waals surface area contributed by atoms with Crippen LogP contribution >= 0.6 is 0 Å². The number of carboxylic acids is 3. The van der Waals surface area contributed by atoms with Crippen LogP contribution in [0.4, 0.5) is 0 Å². The predicted octanol–water partition coefficient (Wildman–Crippen LogP) is 4.82. The van der Waals surface area contributed by atoms with Gasteiger partial charge in [0.25, 0.3) is 0 Å². The van der Waals surface area contributed by atoms with Crippen molar-refractivity contribution in [3.8, 4) is 0 Å². The summed E-state index contributed by atoms with van der Waals surface area (Å²) in [7, 11) is 0. The molecule has 0 radical (unpaired) electrons. The van der Waals surface area contributed by atoms with Crippen LogP contribution in [0.1, 0.15) is 77.2 Å². The van der Waals surface area contributed by atoms with Gasteiger partial charge < -0.3 is 20.1 Å². The van der Waals surface area contributed by atoms with Crippen molar-refractivity contribution in [1.82, 2.24) is 0 Å². The Balaban J connectivity index is 3.29. The average molecular weight is 479 g/mol. The molecule has 0 aliphatic rings. The Bertz CT molecular complexity index is 791. The molecule has 1 aromatic carbocycles. The van der Waals surface area contributed by atoms with E-state index in [0.29, 0.717) is 18.4 Å². The van der Waals surface area contributed by atoms with Gasteiger partial charge in [-0.3, -0.25) is 19.2 Å². The average Bonchev–Trinajstić information content (AvgIpc) is 2.80. The van der Waals surface area contributed by atoms with Gasteiger partial charge in [0.1, 0.15) is 0 Å². The molecule has 0 amide bonds. The van der Waals surface area contributed by atoms with E-state index in [0.717, 1.165) is 39.0 Å². The summed E-state index contributed by atoms with van der Waals surface area (Å²) in [6.45, 7) is 5.15. The molecule has 0 bridgehead atoms. The first kappa shape index (κ1) is 29.1. The Morgan fingerprint density at radius 2 is 1.32 bits per heavy atom. The molecule has 3 N–H and O–H groups in total. The standard InChI is InChI=1S/C26H38O8/c1-4-6-7-8-9-13-16-34-26(33)21(19(5-2)18-14-11-10-12-15-18)22(25(31)32)20(24(29)30)17(3)23(27)28/h10-12,14-15,17,19-22H,4-9,13,16H2,1-3H3,(H,27,28)(H,29,30)(H,31,32). The highest BCUT2D eigenvalue weighted by Crippen LogP contribution is 2.40. The molecule has 5 atom stereocenters. The number of carboxylic acid groups (broad SMARTS) is 3. The topological polar surface area (TPSA) is 138 Å². The zero-order chi connectivity index (χ0) is 25.7. The molecule has 0 fully saturated rings. The number of aliphatic carboxylic acids is 3. The molecule has 0 saturated carbocycles. The largest absolute Gasteiger partial charge is 0.481 e. The van der Waals surface area contributed by atoms with Crippen LogP contribution in [0.5, 0.6) is 0 Å². The van der Waals surface area contributed by atoms with Crippen LogP contribution < -0.4 is 0 Å². The maximum absolute atomic E-state index is 13.3. The van der Waals surface area contributed by atoms with E-state index in [9.17, 15) is 34.5 Å². The molecule has 0 saturated heterocycles. The fourth-order valence-corrected chi connectivity index (χ4v) is 4.47. The van der Waals surface area contributed by atoms with E-state index >= 15 is 0 Å². The third kappa shape index (κ3) is 8.47. The van der Waals surface area contributed by atoms with Gasteiger partial charge >= 0.3 is 23.9 Å². The van der Waals surface area contributed by atoms with Crippen molar-refractivity contribution in [3.05, 3.63) is 35.9 Å². The van der Waals surface area contributed by atoms with Crippen LogP contribution in [0.25, 0.3) is 0 Å². The Morgan fingerprint density at radius 1 is 0.765 bits per heavy atom. The quantitative estimate of drug-likeness (QED) is 0.214. The van der Waals surface area contributed by atoms with E-state index in [-0.39, 0.29) is 6.61 Å². The van der Waals surface area contributed by atoms with Crippen LogP contribution in [-0.4, -0.2) is 45.8 Å². The van der Waals surface area contributed by atoms with E-state index in [1.165, 1.54) is 0 Å². The van der Waals surface area contributed by atoms with Crippen molar-refractivity contribution in [3.63, 3.8) is 0 Å². The van der Waals surface area contributed by atoms with E-state index in [1.807, 2.05) is 0 Å². The Morgan fingerprint density at radius 3 is 1.82 bits per heavy atom. The number of unbranched alkanes of at least 4 members (excludes halogenated alkanes) is 5. The lowest BCUT2D eigenvalue weighted by molar-refractivity contribution is -0.170. The number of hydrogen-bond acceptors (Lipinski definition) is 5. The van der Waals surface area contributed by atoms with Gasteiger partial charge in [0.05, 0.1) is 30.3 Å². The molecule has 0 aromatic heterocycles. The van der Waals surface area contributed by atoms with Gasteiger partial charge in [0.2, 0.25) is 0 Å². The number of rotatable bonds is 17. The lowest BCUT2D eigenvalue weighted by Gasteiger charge is -2.34. The Hall–Kier alpha value is -2.90. The van der Waals surface area contributed by atoms with Crippen molar-refractivity contribution in [1.29, 1.82) is 0 Å². The van der Waals surface area contributed by atoms with E-state index in [1.54, 1.807) is 37.3 Å². The van der Waals surface area contributed by atoms with E-state index < -0.39 is 53.5 Å². The molecule has 5 unspecified atom stereocenters. The summed E-state index contributed by atoms with van der Waals surface area (Å²) < 4.78 is 5.47. The number of esters is 1. The maximum atomic E-state index is 13.3. The van der Waals surface area contributed by atoms with Crippen molar-refractivity contribution in [2.45, 2.75) is 71.6 Å². The third-order valence-corrected chi connectivity index (χ3v) is 6.39. The first-order valence-electron chi connectivity index (χ1n) is 12.1. The van der Waals surface area contributed by atoms with Gasteiger partial charge in [-0.1, -0.05) is 83.2 Å². The fraction of sp³-hybridized carbons (Fsp3) is 0.615. The normalized spacial score (nSPS) is 15.5. The molecule has 8 heteroatoms. The second-order valence-electron chi connectivity index (χ2n) is 8.74. The monoisotopic (exact) mass is 478 g/mol. The number of benzene rings is 1. The van der Waals surface area contributed by atoms with Gasteiger partial charge in [0, 0.05) is 0 Å². The Labute approximate surface area is 201 Å². The minimum atomic E-state index is -1.81. The SMILES string of the molecule is CCCCCCCCOC(=O)C(C(CC)c1ccccc1)C(C(=O)O)C(C(=O)O)C(C)C(=O)O. The number of ether oxygens (including phenoxy) is 1. The smallest absolute Gasteiger partial charge is 0.310 e. The highest BCUT2D eigenvalue weighted by molar-refractivity contribution is 5.89. The van der Waals surface area contributed by atoms with Gasteiger partial charge in [-0.05, 0) is 24.3 Å². The lowest BCUT2D eigenvalue weighted by atomic mass is 9.68. The summed E-state index contributed by atoms with van der Waals surface area (Å²) in [5.41, 5.74) is 0.671. The second-order valence-corrected chi connectivity index (χ2v) is 8.74. The number of carbonyl (C=O) groups is 4. The van der Waals surface area contributed by atoms with Crippen LogP contribution in [0.2, 0.25) is 0 Å². The van der Waals surface area contributed by atoms with Crippen molar-refractivity contribution >= 4 is 23.9 Å². The molecule has 0 aliphatic heterocycles. The van der Waals surface area contributed by atoms with Crippen LogP contribution in [0.15, 0.2) is 30.3 Å². The predicted molar refractivity (Wildman–Crippen MR) is 126 cm³/mol. The first-order chi connectivity index (χ1) is 16.2. The Kier molecular flexibility index (Phi) is 12.9. The molecule has 34 heavy (non-hydrogen) atoms. The van der Waals surface area contributed by atoms with Gasteiger partial charge in [-0.15, -0.1) is 0 Å². The molecular weight excluding hydrogens is 440 g/mol. The summed E-state index contributed by atoms with van der Waals surface area (Å²) >= 11 is 0. The molecule has 0 spiro atoms. The van der Waals surface area contributed by atoms with Gasteiger partial charge in [-0.2, -0.15) is 0 Å². The minimum Gasteiger partial charge on any atom is -0.481 e. The van der Waals surface area contributed by atoms with Crippen LogP contribution in [0.3, 0.4) is 0 Å². The molecule has 190 valence electrons. The zero-order valence-electron chi connectivity index (χ0n) is 20.3. The summed E-state index contributed by atoms with van der Waals surface area (Å²) in [5, 5.41) is 29.3.